The fourth-order valence-corrected chi connectivity index (χ4v) is 2.88. The molecule has 18 heavy (non-hydrogen) atoms. The van der Waals surface area contributed by atoms with E-state index in [1.54, 1.807) is 0 Å². The number of aryl methyl sites for hydroxylation is 1. The Morgan fingerprint density at radius 3 is 2.28 bits per heavy atom. The van der Waals surface area contributed by atoms with Gasteiger partial charge in [-0.25, -0.2) is 0 Å². The van der Waals surface area contributed by atoms with Crippen molar-refractivity contribution in [3.8, 4) is 0 Å². The first-order valence-electron chi connectivity index (χ1n) is 6.98. The van der Waals surface area contributed by atoms with Gasteiger partial charge in [0.2, 0.25) is 0 Å². The predicted molar refractivity (Wildman–Crippen MR) is 74.6 cm³/mol. The number of carbonyl (C=O) groups is 1. The van der Waals surface area contributed by atoms with E-state index in [1.165, 1.54) is 30.4 Å². The van der Waals surface area contributed by atoms with Gasteiger partial charge in [0, 0.05) is 12.0 Å². The molecule has 0 spiro atoms. The monoisotopic (exact) mass is 245 g/mol. The second-order valence-corrected chi connectivity index (χ2v) is 5.45. The van der Waals surface area contributed by atoms with E-state index in [-0.39, 0.29) is 12.0 Å². The van der Waals surface area contributed by atoms with Gasteiger partial charge in [0.1, 0.15) is 6.29 Å². The molecule has 2 unspecified atom stereocenters. The van der Waals surface area contributed by atoms with Crippen molar-refractivity contribution in [2.45, 2.75) is 39.2 Å². The molecule has 0 saturated carbocycles. The van der Waals surface area contributed by atoms with Crippen LogP contribution in [-0.4, -0.2) is 24.3 Å². The fourth-order valence-electron chi connectivity index (χ4n) is 2.88. The zero-order valence-corrected chi connectivity index (χ0v) is 11.4. The van der Waals surface area contributed by atoms with Crippen molar-refractivity contribution in [2.75, 3.05) is 13.1 Å². The molecule has 1 aromatic rings. The Hall–Kier alpha value is -1.15. The molecule has 0 radical (unpaired) electrons. The van der Waals surface area contributed by atoms with Crippen LogP contribution in [0.1, 0.15) is 43.4 Å². The van der Waals surface area contributed by atoms with E-state index < -0.39 is 0 Å². The van der Waals surface area contributed by atoms with E-state index in [4.69, 9.17) is 0 Å². The van der Waals surface area contributed by atoms with Gasteiger partial charge in [0.15, 0.2) is 0 Å². The number of benzene rings is 1. The maximum absolute atomic E-state index is 11.2. The van der Waals surface area contributed by atoms with Gasteiger partial charge in [-0.05, 0) is 38.4 Å². The van der Waals surface area contributed by atoms with Crippen molar-refractivity contribution in [3.63, 3.8) is 0 Å². The molecule has 0 aromatic heterocycles. The Bertz CT molecular complexity index is 379. The van der Waals surface area contributed by atoms with E-state index >= 15 is 0 Å². The maximum atomic E-state index is 11.2. The number of aldehydes is 1. The molecule has 2 atom stereocenters. The Balaban J connectivity index is 2.23. The Labute approximate surface area is 110 Å². The summed E-state index contributed by atoms with van der Waals surface area (Å²) >= 11 is 0. The van der Waals surface area contributed by atoms with Gasteiger partial charge in [-0.3, -0.25) is 4.90 Å². The standard InChI is InChI=1S/C16H23NO/c1-13-6-8-15(9-7-13)16(14(2)12-18)17-10-4-3-5-11-17/h6-9,12,14,16H,3-5,10-11H2,1-2H3. The van der Waals surface area contributed by atoms with Gasteiger partial charge < -0.3 is 4.79 Å². The van der Waals surface area contributed by atoms with Crippen molar-refractivity contribution < 1.29 is 4.79 Å². The van der Waals surface area contributed by atoms with E-state index in [9.17, 15) is 4.79 Å². The molecule has 0 bridgehead atoms. The molecule has 98 valence electrons. The highest BCUT2D eigenvalue weighted by atomic mass is 16.1. The number of carbonyl (C=O) groups excluding carboxylic acids is 1. The van der Waals surface area contributed by atoms with Crippen LogP contribution in [0.3, 0.4) is 0 Å². The van der Waals surface area contributed by atoms with E-state index in [0.717, 1.165) is 19.4 Å². The smallest absolute Gasteiger partial charge is 0.124 e. The summed E-state index contributed by atoms with van der Waals surface area (Å²) < 4.78 is 0. The molecule has 1 saturated heterocycles. The van der Waals surface area contributed by atoms with Gasteiger partial charge in [0.25, 0.3) is 0 Å². The molecule has 0 N–H and O–H groups in total. The summed E-state index contributed by atoms with van der Waals surface area (Å²) in [6.07, 6.45) is 4.94. The molecule has 2 rings (SSSR count). The predicted octanol–water partition coefficient (Wildman–Crippen LogP) is 3.36. The minimum Gasteiger partial charge on any atom is -0.303 e. The highest BCUT2D eigenvalue weighted by molar-refractivity contribution is 5.55. The van der Waals surface area contributed by atoms with Crippen molar-refractivity contribution in [1.29, 1.82) is 0 Å². The summed E-state index contributed by atoms with van der Waals surface area (Å²) in [5, 5.41) is 0. The third-order valence-corrected chi connectivity index (χ3v) is 3.92. The number of hydrogen-bond acceptors (Lipinski definition) is 2. The third-order valence-electron chi connectivity index (χ3n) is 3.92. The quantitative estimate of drug-likeness (QED) is 0.758. The number of likely N-dealkylation sites (tertiary alicyclic amines) is 1. The van der Waals surface area contributed by atoms with Gasteiger partial charge >= 0.3 is 0 Å². The lowest BCUT2D eigenvalue weighted by Crippen LogP contribution is -2.37. The second-order valence-electron chi connectivity index (χ2n) is 5.45. The van der Waals surface area contributed by atoms with Crippen LogP contribution in [0.4, 0.5) is 0 Å². The Morgan fingerprint density at radius 2 is 1.72 bits per heavy atom. The first kappa shape index (κ1) is 13.3. The fraction of sp³-hybridized carbons (Fsp3) is 0.562. The summed E-state index contributed by atoms with van der Waals surface area (Å²) in [5.74, 6) is 0.0609. The molecule has 0 aliphatic carbocycles. The molecular formula is C16H23NO. The summed E-state index contributed by atoms with van der Waals surface area (Å²) in [7, 11) is 0. The minimum atomic E-state index is 0.0609. The van der Waals surface area contributed by atoms with Crippen molar-refractivity contribution >= 4 is 6.29 Å². The lowest BCUT2D eigenvalue weighted by molar-refractivity contribution is -0.112. The van der Waals surface area contributed by atoms with Gasteiger partial charge in [-0.1, -0.05) is 43.2 Å². The molecule has 1 aliphatic rings. The third kappa shape index (κ3) is 2.99. The van der Waals surface area contributed by atoms with Crippen LogP contribution in [0.25, 0.3) is 0 Å². The first-order chi connectivity index (χ1) is 8.72. The van der Waals surface area contributed by atoms with E-state index in [0.29, 0.717) is 0 Å². The van der Waals surface area contributed by atoms with E-state index in [2.05, 4.69) is 36.1 Å². The van der Waals surface area contributed by atoms with Gasteiger partial charge in [0.05, 0.1) is 0 Å². The molecule has 2 heteroatoms. The zero-order valence-electron chi connectivity index (χ0n) is 11.4. The summed E-state index contributed by atoms with van der Waals surface area (Å²) in [4.78, 5) is 13.7. The highest BCUT2D eigenvalue weighted by Crippen LogP contribution is 2.30. The summed E-state index contributed by atoms with van der Waals surface area (Å²) in [5.41, 5.74) is 2.55. The van der Waals surface area contributed by atoms with Gasteiger partial charge in [-0.2, -0.15) is 0 Å². The van der Waals surface area contributed by atoms with Crippen LogP contribution in [0, 0.1) is 12.8 Å². The average molecular weight is 245 g/mol. The lowest BCUT2D eigenvalue weighted by Gasteiger charge is -2.36. The Morgan fingerprint density at radius 1 is 1.11 bits per heavy atom. The van der Waals surface area contributed by atoms with Gasteiger partial charge in [-0.15, -0.1) is 0 Å². The molecule has 1 fully saturated rings. The summed E-state index contributed by atoms with van der Waals surface area (Å²) in [6, 6.07) is 8.89. The SMILES string of the molecule is Cc1ccc(C(C(C)C=O)N2CCCCC2)cc1. The number of rotatable bonds is 4. The van der Waals surface area contributed by atoms with Crippen LogP contribution in [-0.2, 0) is 4.79 Å². The minimum absolute atomic E-state index is 0.0609. The van der Waals surface area contributed by atoms with Crippen molar-refractivity contribution in [1.82, 2.24) is 4.90 Å². The molecule has 1 aromatic carbocycles. The van der Waals surface area contributed by atoms with Crippen LogP contribution < -0.4 is 0 Å². The highest BCUT2D eigenvalue weighted by Gasteiger charge is 2.26. The van der Waals surface area contributed by atoms with E-state index in [1.807, 2.05) is 6.92 Å². The van der Waals surface area contributed by atoms with Crippen LogP contribution >= 0.6 is 0 Å². The molecular weight excluding hydrogens is 222 g/mol. The van der Waals surface area contributed by atoms with Crippen molar-refractivity contribution in [3.05, 3.63) is 35.4 Å². The average Bonchev–Trinajstić information content (AvgIpc) is 2.42. The number of piperidine rings is 1. The number of nitrogens with zero attached hydrogens (tertiary/aromatic N) is 1. The zero-order chi connectivity index (χ0) is 13.0. The molecule has 1 aliphatic heterocycles. The maximum Gasteiger partial charge on any atom is 0.124 e. The molecule has 1 heterocycles. The second kappa shape index (κ2) is 6.14. The molecule has 2 nitrogen and oxygen atoms in total. The normalized spacial score (nSPS) is 20.3. The number of hydrogen-bond donors (Lipinski definition) is 0. The van der Waals surface area contributed by atoms with Crippen LogP contribution in [0.15, 0.2) is 24.3 Å². The topological polar surface area (TPSA) is 20.3 Å². The van der Waals surface area contributed by atoms with Crippen LogP contribution in [0.2, 0.25) is 0 Å². The first-order valence-corrected chi connectivity index (χ1v) is 6.98. The largest absolute Gasteiger partial charge is 0.303 e. The van der Waals surface area contributed by atoms with Crippen LogP contribution in [0.5, 0.6) is 0 Å². The summed E-state index contributed by atoms with van der Waals surface area (Å²) in [6.45, 7) is 6.38. The lowest BCUT2D eigenvalue weighted by atomic mass is 9.92. The Kier molecular flexibility index (Phi) is 4.54. The van der Waals surface area contributed by atoms with Crippen molar-refractivity contribution in [2.24, 2.45) is 5.92 Å². The molecule has 0 amide bonds.